The third-order valence-corrected chi connectivity index (χ3v) is 6.50. The van der Waals surface area contributed by atoms with Gasteiger partial charge in [0, 0.05) is 11.4 Å². The van der Waals surface area contributed by atoms with Crippen molar-refractivity contribution in [3.8, 4) is 11.4 Å². The van der Waals surface area contributed by atoms with Crippen LogP contribution in [0.4, 0.5) is 4.39 Å². The summed E-state index contributed by atoms with van der Waals surface area (Å²) in [4.78, 5) is 0. The quantitative estimate of drug-likeness (QED) is 0.255. The Balaban J connectivity index is 1.41. The number of nitrogens with zero attached hydrogens (tertiary/aromatic N) is 3. The van der Waals surface area contributed by atoms with Crippen molar-refractivity contribution in [3.05, 3.63) is 114 Å². The Morgan fingerprint density at radius 3 is 2.42 bits per heavy atom. The molecule has 0 aliphatic carbocycles. The van der Waals surface area contributed by atoms with Crippen molar-refractivity contribution < 1.29 is 9.13 Å². The Morgan fingerprint density at radius 2 is 1.61 bits per heavy atom. The Morgan fingerprint density at radius 1 is 0.848 bits per heavy atom. The highest BCUT2D eigenvalue weighted by atomic mass is 32.2. The zero-order valence-corrected chi connectivity index (χ0v) is 18.9. The summed E-state index contributed by atoms with van der Waals surface area (Å²) in [5, 5.41) is 12.0. The largest absolute Gasteiger partial charge is 0.485 e. The van der Waals surface area contributed by atoms with Gasteiger partial charge in [0.05, 0.1) is 0 Å². The van der Waals surface area contributed by atoms with E-state index in [1.54, 1.807) is 23.9 Å². The van der Waals surface area contributed by atoms with E-state index in [0.29, 0.717) is 5.75 Å². The Kier molecular flexibility index (Phi) is 6.09. The molecule has 1 aromatic heterocycles. The van der Waals surface area contributed by atoms with E-state index >= 15 is 0 Å². The smallest absolute Gasteiger partial charge is 0.196 e. The van der Waals surface area contributed by atoms with Crippen LogP contribution in [-0.2, 0) is 12.4 Å². The number of benzene rings is 4. The summed E-state index contributed by atoms with van der Waals surface area (Å²) in [6, 6.07) is 28.9. The fourth-order valence-electron chi connectivity index (χ4n) is 3.76. The zero-order chi connectivity index (χ0) is 22.6. The van der Waals surface area contributed by atoms with Gasteiger partial charge in [0.1, 0.15) is 18.2 Å². The highest BCUT2D eigenvalue weighted by molar-refractivity contribution is 7.98. The van der Waals surface area contributed by atoms with Crippen molar-refractivity contribution in [1.82, 2.24) is 14.8 Å². The van der Waals surface area contributed by atoms with E-state index in [4.69, 9.17) is 4.74 Å². The molecule has 0 spiro atoms. The van der Waals surface area contributed by atoms with E-state index in [2.05, 4.69) is 35.3 Å². The van der Waals surface area contributed by atoms with Crippen LogP contribution < -0.4 is 4.74 Å². The molecule has 0 unspecified atom stereocenters. The number of rotatable bonds is 7. The van der Waals surface area contributed by atoms with Gasteiger partial charge in [0.2, 0.25) is 0 Å². The van der Waals surface area contributed by atoms with Crippen LogP contribution in [-0.4, -0.2) is 14.8 Å². The average molecular weight is 456 g/mol. The van der Waals surface area contributed by atoms with Crippen LogP contribution in [0.1, 0.15) is 17.0 Å². The third-order valence-electron chi connectivity index (χ3n) is 5.50. The predicted octanol–water partition coefficient (Wildman–Crippen LogP) is 6.74. The number of fused-ring (bicyclic) bond motifs is 1. The van der Waals surface area contributed by atoms with Crippen LogP contribution in [0.2, 0.25) is 0 Å². The lowest BCUT2D eigenvalue weighted by Crippen LogP contribution is -2.07. The van der Waals surface area contributed by atoms with E-state index in [9.17, 15) is 4.39 Å². The van der Waals surface area contributed by atoms with E-state index in [1.165, 1.54) is 22.9 Å². The molecule has 0 radical (unpaired) electrons. The van der Waals surface area contributed by atoms with Gasteiger partial charge in [-0.3, -0.25) is 4.57 Å². The van der Waals surface area contributed by atoms with E-state index in [-0.39, 0.29) is 12.4 Å². The molecule has 0 aliphatic rings. The summed E-state index contributed by atoms with van der Waals surface area (Å²) in [7, 11) is 0. The molecule has 33 heavy (non-hydrogen) atoms. The molecule has 0 aliphatic heterocycles. The second-order valence-corrected chi connectivity index (χ2v) is 8.63. The number of aromatic nitrogens is 3. The number of halogens is 1. The maximum atomic E-state index is 13.2. The maximum absolute atomic E-state index is 13.2. The number of thioether (sulfide) groups is 1. The van der Waals surface area contributed by atoms with Crippen molar-refractivity contribution in [2.24, 2.45) is 0 Å². The van der Waals surface area contributed by atoms with Gasteiger partial charge in [-0.2, -0.15) is 0 Å². The highest BCUT2D eigenvalue weighted by Crippen LogP contribution is 2.29. The number of ether oxygens (including phenoxy) is 1. The van der Waals surface area contributed by atoms with Crippen LogP contribution in [0, 0.1) is 12.7 Å². The fourth-order valence-corrected chi connectivity index (χ4v) is 4.68. The monoisotopic (exact) mass is 455 g/mol. The molecule has 0 atom stereocenters. The molecule has 5 rings (SSSR count). The van der Waals surface area contributed by atoms with Gasteiger partial charge >= 0.3 is 0 Å². The predicted molar refractivity (Wildman–Crippen MR) is 130 cm³/mol. The number of para-hydroxylation sites is 1. The molecule has 1 heterocycles. The van der Waals surface area contributed by atoms with Gasteiger partial charge in [-0.15, -0.1) is 10.2 Å². The Labute approximate surface area is 196 Å². The van der Waals surface area contributed by atoms with Crippen molar-refractivity contribution in [2.45, 2.75) is 24.4 Å². The molecule has 5 aromatic rings. The standard InChI is InChI=1S/C27H22FN3OS/c1-19-24-10-6-5-7-21(24)13-16-25(19)32-17-26-29-30-27(31(26)23-8-3-2-4-9-23)33-18-20-11-14-22(28)15-12-20/h2-16H,17-18H2,1H3. The Hall–Kier alpha value is -3.64. The second kappa shape index (κ2) is 9.46. The van der Waals surface area contributed by atoms with Gasteiger partial charge in [0.15, 0.2) is 11.0 Å². The van der Waals surface area contributed by atoms with E-state index < -0.39 is 0 Å². The minimum Gasteiger partial charge on any atom is -0.485 e. The van der Waals surface area contributed by atoms with Crippen LogP contribution in [0.25, 0.3) is 16.5 Å². The molecule has 4 aromatic carbocycles. The van der Waals surface area contributed by atoms with Crippen molar-refractivity contribution in [2.75, 3.05) is 0 Å². The molecule has 4 nitrogen and oxygen atoms in total. The number of hydrogen-bond donors (Lipinski definition) is 0. The Bertz CT molecular complexity index is 1380. The second-order valence-electron chi connectivity index (χ2n) is 7.68. The summed E-state index contributed by atoms with van der Waals surface area (Å²) in [6.07, 6.45) is 0. The molecule has 0 amide bonds. The molecule has 164 valence electrons. The van der Waals surface area contributed by atoms with Crippen molar-refractivity contribution in [1.29, 1.82) is 0 Å². The molecule has 6 heteroatoms. The van der Waals surface area contributed by atoms with Crippen molar-refractivity contribution >= 4 is 22.5 Å². The number of hydrogen-bond acceptors (Lipinski definition) is 4. The first-order chi connectivity index (χ1) is 16.2. The van der Waals surface area contributed by atoms with Crippen LogP contribution in [0.5, 0.6) is 5.75 Å². The van der Waals surface area contributed by atoms with E-state index in [1.807, 2.05) is 53.1 Å². The van der Waals surface area contributed by atoms with Gasteiger partial charge in [0.25, 0.3) is 0 Å². The number of aryl methyl sites for hydroxylation is 1. The lowest BCUT2D eigenvalue weighted by molar-refractivity contribution is 0.291. The van der Waals surface area contributed by atoms with E-state index in [0.717, 1.165) is 33.5 Å². The first kappa shape index (κ1) is 21.2. The van der Waals surface area contributed by atoms with Gasteiger partial charge in [-0.05, 0) is 59.2 Å². The minimum atomic E-state index is -0.236. The molecule has 0 saturated heterocycles. The minimum absolute atomic E-state index is 0.236. The zero-order valence-electron chi connectivity index (χ0n) is 18.1. The third kappa shape index (κ3) is 4.61. The van der Waals surface area contributed by atoms with Gasteiger partial charge in [-0.25, -0.2) is 4.39 Å². The SMILES string of the molecule is Cc1c(OCc2nnc(SCc3ccc(F)cc3)n2-c2ccccc2)ccc2ccccc12. The average Bonchev–Trinajstić information content (AvgIpc) is 3.27. The molecule has 0 N–H and O–H groups in total. The summed E-state index contributed by atoms with van der Waals surface area (Å²) in [5.74, 6) is 1.97. The van der Waals surface area contributed by atoms with Crippen LogP contribution >= 0.6 is 11.8 Å². The fraction of sp³-hybridized carbons (Fsp3) is 0.111. The summed E-state index contributed by atoms with van der Waals surface area (Å²) >= 11 is 1.56. The molecular weight excluding hydrogens is 433 g/mol. The van der Waals surface area contributed by atoms with Gasteiger partial charge < -0.3 is 4.74 Å². The van der Waals surface area contributed by atoms with Crippen LogP contribution in [0.3, 0.4) is 0 Å². The first-order valence-corrected chi connectivity index (χ1v) is 11.7. The van der Waals surface area contributed by atoms with Crippen molar-refractivity contribution in [3.63, 3.8) is 0 Å². The molecule has 0 bridgehead atoms. The molecular formula is C27H22FN3OS. The lowest BCUT2D eigenvalue weighted by Gasteiger charge is -2.13. The first-order valence-electron chi connectivity index (χ1n) is 10.7. The summed E-state index contributed by atoms with van der Waals surface area (Å²) < 4.78 is 21.5. The van der Waals surface area contributed by atoms with Gasteiger partial charge in [-0.1, -0.05) is 72.4 Å². The highest BCUT2D eigenvalue weighted by Gasteiger charge is 2.16. The summed E-state index contributed by atoms with van der Waals surface area (Å²) in [6.45, 7) is 2.36. The topological polar surface area (TPSA) is 39.9 Å². The molecule has 0 fully saturated rings. The maximum Gasteiger partial charge on any atom is 0.196 e. The lowest BCUT2D eigenvalue weighted by atomic mass is 10.0. The molecule has 0 saturated carbocycles. The normalized spacial score (nSPS) is 11.1. The summed E-state index contributed by atoms with van der Waals surface area (Å²) in [5.41, 5.74) is 3.09. The van der Waals surface area contributed by atoms with Crippen LogP contribution in [0.15, 0.2) is 96.2 Å².